The van der Waals surface area contributed by atoms with Gasteiger partial charge in [-0.1, -0.05) is 13.8 Å². The largest absolute Gasteiger partial charge is 0.497 e. The normalized spacial score (nSPS) is 14.5. The molecule has 2 amide bonds. The van der Waals surface area contributed by atoms with Gasteiger partial charge in [-0.25, -0.2) is 4.79 Å². The Morgan fingerprint density at radius 3 is 2.40 bits per heavy atom. The lowest BCUT2D eigenvalue weighted by Crippen LogP contribution is -2.34. The molecule has 0 radical (unpaired) electrons. The number of amides is 2. The van der Waals surface area contributed by atoms with Crippen LogP contribution in [0.25, 0.3) is 5.00 Å². The first-order chi connectivity index (χ1) is 16.9. The summed E-state index contributed by atoms with van der Waals surface area (Å²) in [5, 5.41) is 7.50. The van der Waals surface area contributed by atoms with Crippen molar-refractivity contribution in [1.29, 1.82) is 0 Å². The van der Waals surface area contributed by atoms with Crippen LogP contribution in [0.1, 0.15) is 48.7 Å². The minimum atomic E-state index is -0.236. The minimum Gasteiger partial charge on any atom is -0.497 e. The van der Waals surface area contributed by atoms with E-state index in [0.717, 1.165) is 32.4 Å². The van der Waals surface area contributed by atoms with E-state index in [0.29, 0.717) is 23.1 Å². The number of benzene rings is 1. The smallest absolute Gasteiger partial charge is 0.319 e. The molecule has 1 atom stereocenters. The van der Waals surface area contributed by atoms with Crippen molar-refractivity contribution in [1.82, 2.24) is 14.8 Å². The van der Waals surface area contributed by atoms with E-state index in [4.69, 9.17) is 9.47 Å². The first kappa shape index (κ1) is 25.1. The zero-order chi connectivity index (χ0) is 24.9. The molecule has 2 N–H and O–H groups in total. The number of rotatable bonds is 9. The molecule has 0 aliphatic carbocycles. The molecule has 0 bridgehead atoms. The van der Waals surface area contributed by atoms with Crippen LogP contribution < -0.4 is 20.1 Å². The number of fused-ring (bicyclic) bond motifs is 1. The van der Waals surface area contributed by atoms with Crippen molar-refractivity contribution in [2.45, 2.75) is 45.7 Å². The van der Waals surface area contributed by atoms with Crippen molar-refractivity contribution >= 4 is 23.1 Å². The summed E-state index contributed by atoms with van der Waals surface area (Å²) in [6.45, 7) is 6.42. The summed E-state index contributed by atoms with van der Waals surface area (Å²) in [4.78, 5) is 17.0. The molecular weight excluding hydrogens is 460 g/mol. The number of anilines is 1. The van der Waals surface area contributed by atoms with E-state index < -0.39 is 0 Å². The SMILES string of the molecule is COc1cc(NC(=O)N[C@@H](CCC(C)C)c2c(-n3cccc3)sc3c2CCN(C)C3)cc(OC)c1. The molecular formula is C27H36N4O3S. The molecule has 1 aromatic carbocycles. The van der Waals surface area contributed by atoms with Gasteiger partial charge in [-0.2, -0.15) is 0 Å². The summed E-state index contributed by atoms with van der Waals surface area (Å²) in [7, 11) is 5.36. The third-order valence-corrected chi connectivity index (χ3v) is 7.65. The molecule has 1 aliphatic rings. The molecule has 3 aromatic rings. The number of methoxy groups -OCH3 is 2. The van der Waals surface area contributed by atoms with E-state index in [1.165, 1.54) is 21.0 Å². The number of urea groups is 1. The molecule has 8 heteroatoms. The Hall–Kier alpha value is -2.97. The lowest BCUT2D eigenvalue weighted by molar-refractivity contribution is 0.247. The van der Waals surface area contributed by atoms with Crippen LogP contribution in [0.3, 0.4) is 0 Å². The molecule has 7 nitrogen and oxygen atoms in total. The van der Waals surface area contributed by atoms with Crippen LogP contribution in [0.2, 0.25) is 0 Å². The third kappa shape index (κ3) is 6.00. The maximum atomic E-state index is 13.3. The molecule has 2 aromatic heterocycles. The molecule has 0 saturated heterocycles. The molecule has 0 spiro atoms. The molecule has 4 rings (SSSR count). The van der Waals surface area contributed by atoms with Gasteiger partial charge in [-0.05, 0) is 49.9 Å². The molecule has 3 heterocycles. The zero-order valence-corrected chi connectivity index (χ0v) is 22.1. The number of hydrogen-bond donors (Lipinski definition) is 2. The fourth-order valence-electron chi connectivity index (χ4n) is 4.56. The van der Waals surface area contributed by atoms with Gasteiger partial charge in [0, 0.05) is 59.8 Å². The molecule has 0 unspecified atom stereocenters. The minimum absolute atomic E-state index is 0.0919. The average molecular weight is 497 g/mol. The molecule has 35 heavy (non-hydrogen) atoms. The van der Waals surface area contributed by atoms with Gasteiger partial charge in [0.25, 0.3) is 0 Å². The summed E-state index contributed by atoms with van der Waals surface area (Å²) in [5.41, 5.74) is 3.28. The van der Waals surface area contributed by atoms with Crippen molar-refractivity contribution in [3.05, 3.63) is 58.7 Å². The molecule has 1 aliphatic heterocycles. The van der Waals surface area contributed by atoms with Crippen molar-refractivity contribution < 1.29 is 14.3 Å². The lowest BCUT2D eigenvalue weighted by Gasteiger charge is -2.26. The highest BCUT2D eigenvalue weighted by atomic mass is 32.1. The highest BCUT2D eigenvalue weighted by Crippen LogP contribution is 2.41. The molecule has 0 fully saturated rings. The fraction of sp³-hybridized carbons (Fsp3) is 0.444. The van der Waals surface area contributed by atoms with Crippen LogP contribution >= 0.6 is 11.3 Å². The van der Waals surface area contributed by atoms with E-state index in [2.05, 4.69) is 53.4 Å². The van der Waals surface area contributed by atoms with Gasteiger partial charge in [0.1, 0.15) is 16.5 Å². The second kappa shape index (κ2) is 11.2. The number of carbonyl (C=O) groups is 1. The monoisotopic (exact) mass is 496 g/mol. The molecule has 188 valence electrons. The number of likely N-dealkylation sites (N-methyl/N-ethyl adjacent to an activating group) is 1. The van der Waals surface area contributed by atoms with E-state index in [-0.39, 0.29) is 12.1 Å². The van der Waals surface area contributed by atoms with E-state index in [9.17, 15) is 4.79 Å². The quantitative estimate of drug-likeness (QED) is 0.390. The first-order valence-corrected chi connectivity index (χ1v) is 13.0. The predicted molar refractivity (Wildman–Crippen MR) is 142 cm³/mol. The summed E-state index contributed by atoms with van der Waals surface area (Å²) in [6, 6.07) is 9.14. The standard InChI is InChI=1S/C27H36N4O3S/c1-18(2)8-9-23(29-27(32)28-19-14-20(33-4)16-21(15-19)34-5)25-22-10-13-30(3)17-24(22)35-26(25)31-11-6-7-12-31/h6-7,11-12,14-16,18,23H,8-10,13,17H2,1-5H3,(H2,28,29,32)/t23-/m0/s1. The Bertz CT molecular complexity index is 1120. The van der Waals surface area contributed by atoms with Gasteiger partial charge >= 0.3 is 6.03 Å². The molecule has 0 saturated carbocycles. The van der Waals surface area contributed by atoms with Crippen LogP contribution in [0.5, 0.6) is 11.5 Å². The summed E-state index contributed by atoms with van der Waals surface area (Å²) in [6.07, 6.45) is 7.07. The summed E-state index contributed by atoms with van der Waals surface area (Å²) in [5.74, 6) is 1.80. The van der Waals surface area contributed by atoms with Crippen molar-refractivity contribution in [2.75, 3.05) is 33.1 Å². The second-order valence-corrected chi connectivity index (χ2v) is 10.6. The fourth-order valence-corrected chi connectivity index (χ4v) is 6.01. The van der Waals surface area contributed by atoms with Gasteiger partial charge in [0.05, 0.1) is 20.3 Å². The van der Waals surface area contributed by atoms with Gasteiger partial charge in [0.2, 0.25) is 0 Å². The average Bonchev–Trinajstić information content (AvgIpc) is 3.49. The second-order valence-electron chi connectivity index (χ2n) is 9.52. The van der Waals surface area contributed by atoms with Crippen molar-refractivity contribution in [3.63, 3.8) is 0 Å². The summed E-state index contributed by atoms with van der Waals surface area (Å²) < 4.78 is 12.9. The number of hydrogen-bond acceptors (Lipinski definition) is 5. The van der Waals surface area contributed by atoms with Crippen LogP contribution in [-0.4, -0.2) is 43.3 Å². The number of nitrogens with one attached hydrogen (secondary N) is 2. The van der Waals surface area contributed by atoms with Crippen LogP contribution in [0, 0.1) is 5.92 Å². The number of carbonyl (C=O) groups excluding carboxylic acids is 1. The van der Waals surface area contributed by atoms with Crippen LogP contribution in [-0.2, 0) is 13.0 Å². The maximum absolute atomic E-state index is 13.3. The Morgan fingerprint density at radius 2 is 1.77 bits per heavy atom. The highest BCUT2D eigenvalue weighted by molar-refractivity contribution is 7.15. The van der Waals surface area contributed by atoms with E-state index in [1.54, 1.807) is 32.4 Å². The van der Waals surface area contributed by atoms with Crippen molar-refractivity contribution in [3.8, 4) is 16.5 Å². The third-order valence-electron chi connectivity index (χ3n) is 6.40. The summed E-state index contributed by atoms with van der Waals surface area (Å²) >= 11 is 1.84. The number of ether oxygens (including phenoxy) is 2. The van der Waals surface area contributed by atoms with Gasteiger partial charge in [-0.15, -0.1) is 11.3 Å². The number of aromatic nitrogens is 1. The van der Waals surface area contributed by atoms with Gasteiger partial charge in [0.15, 0.2) is 0 Å². The maximum Gasteiger partial charge on any atom is 0.319 e. The van der Waals surface area contributed by atoms with Crippen LogP contribution in [0.4, 0.5) is 10.5 Å². The Balaban J connectivity index is 1.66. The predicted octanol–water partition coefficient (Wildman–Crippen LogP) is 5.84. The van der Waals surface area contributed by atoms with Crippen molar-refractivity contribution in [2.24, 2.45) is 5.92 Å². The number of thiophene rings is 1. The van der Waals surface area contributed by atoms with Crippen LogP contribution in [0.15, 0.2) is 42.7 Å². The highest BCUT2D eigenvalue weighted by Gasteiger charge is 2.29. The first-order valence-electron chi connectivity index (χ1n) is 12.1. The van der Waals surface area contributed by atoms with Gasteiger partial charge in [-0.3, -0.25) is 0 Å². The zero-order valence-electron chi connectivity index (χ0n) is 21.3. The lowest BCUT2D eigenvalue weighted by atomic mass is 9.92. The Morgan fingerprint density at radius 1 is 1.09 bits per heavy atom. The Labute approximate surface area is 212 Å². The van der Waals surface area contributed by atoms with E-state index in [1.807, 2.05) is 23.5 Å². The number of nitrogens with zero attached hydrogens (tertiary/aromatic N) is 2. The van der Waals surface area contributed by atoms with Gasteiger partial charge < -0.3 is 29.6 Å². The van der Waals surface area contributed by atoms with E-state index >= 15 is 0 Å². The topological polar surface area (TPSA) is 67.8 Å². The Kier molecular flexibility index (Phi) is 8.03.